The number of carbonyl (C=O) groups excluding carboxylic acids is 1. The maximum atomic E-state index is 14.1. The Balaban J connectivity index is 0.00000450. The molecule has 0 fully saturated rings. The van der Waals surface area contributed by atoms with E-state index in [-0.39, 0.29) is 49.3 Å². The number of nitrogens with two attached hydrogens (primary N) is 3. The summed E-state index contributed by atoms with van der Waals surface area (Å²) in [5.41, 5.74) is 21.6. The molecule has 5 aromatic rings. The molecule has 16 heteroatoms. The van der Waals surface area contributed by atoms with Gasteiger partial charge in [0.25, 0.3) is 0 Å². The number of guanidine groups is 1. The fourth-order valence-corrected chi connectivity index (χ4v) is 6.32. The minimum absolute atomic E-state index is 0. The van der Waals surface area contributed by atoms with Gasteiger partial charge in [0.2, 0.25) is 5.91 Å². The molecule has 0 aliphatic carbocycles. The first-order valence-corrected chi connectivity index (χ1v) is 19.6. The molecule has 0 aliphatic rings. The number of halogens is 2. The molecular weight excluding hydrogens is 777 g/mol. The lowest BCUT2D eigenvalue weighted by molar-refractivity contribution is -0.125. The van der Waals surface area contributed by atoms with Gasteiger partial charge in [-0.1, -0.05) is 91.0 Å². The number of unbranched alkanes of at least 4 members (excludes halogenated alkanes) is 1. The molecule has 58 heavy (non-hydrogen) atoms. The maximum Gasteiger partial charge on any atom is 0.245 e. The quantitative estimate of drug-likeness (QED) is 0.0321. The van der Waals surface area contributed by atoms with Gasteiger partial charge < -0.3 is 32.0 Å². The maximum absolute atomic E-state index is 14.1. The molecule has 7 N–H and O–H groups in total. The summed E-state index contributed by atoms with van der Waals surface area (Å²) in [6.07, 6.45) is 9.66. The number of aryl methyl sites for hydroxylation is 2. The van der Waals surface area contributed by atoms with Crippen LogP contribution in [0.4, 0.5) is 0 Å². The average molecular weight is 837 g/mol. The predicted octanol–water partition coefficient (Wildman–Crippen LogP) is 6.08. The van der Waals surface area contributed by atoms with E-state index in [9.17, 15) is 4.79 Å². The van der Waals surface area contributed by atoms with Gasteiger partial charge in [0.05, 0.1) is 25.0 Å². The summed E-state index contributed by atoms with van der Waals surface area (Å²) in [7, 11) is 0. The van der Waals surface area contributed by atoms with Crippen molar-refractivity contribution in [2.24, 2.45) is 28.1 Å². The van der Waals surface area contributed by atoms with Crippen molar-refractivity contribution < 1.29 is 14.3 Å². The Bertz CT molecular complexity index is 1950. The van der Waals surface area contributed by atoms with Gasteiger partial charge in [0.1, 0.15) is 29.8 Å². The third-order valence-corrected chi connectivity index (χ3v) is 9.36. The van der Waals surface area contributed by atoms with Gasteiger partial charge in [-0.3, -0.25) is 14.5 Å². The zero-order valence-corrected chi connectivity index (χ0v) is 35.1. The number of aliphatic imine (C=N–C) groups is 1. The lowest BCUT2D eigenvalue weighted by Gasteiger charge is -2.23. The smallest absolute Gasteiger partial charge is 0.245 e. The SMILES string of the molecule is CC(C)CCOc1ccccc1-c1ccccc1OCc1cn([C@H](CCCCN)C(=O)N[C@H](CCCN=C(N)N)Cn2cc(CCc3ccccc3)nn2)nn1.Cl.Cl. The largest absolute Gasteiger partial charge is 0.493 e. The van der Waals surface area contributed by atoms with Gasteiger partial charge in [-0.2, -0.15) is 0 Å². The molecule has 0 spiro atoms. The van der Waals surface area contributed by atoms with Crippen molar-refractivity contribution in [2.75, 3.05) is 19.7 Å². The van der Waals surface area contributed by atoms with E-state index >= 15 is 0 Å². The van der Waals surface area contributed by atoms with Gasteiger partial charge in [-0.05, 0) is 81.5 Å². The second-order valence-corrected chi connectivity index (χ2v) is 14.4. The number of hydrogen-bond donors (Lipinski definition) is 4. The minimum atomic E-state index is -0.609. The molecule has 0 aliphatic heterocycles. The third kappa shape index (κ3) is 15.3. The van der Waals surface area contributed by atoms with Crippen LogP contribution in [0.25, 0.3) is 11.1 Å². The van der Waals surface area contributed by atoms with Crippen LogP contribution < -0.4 is 32.0 Å². The van der Waals surface area contributed by atoms with E-state index < -0.39 is 6.04 Å². The van der Waals surface area contributed by atoms with Crippen LogP contribution in [-0.4, -0.2) is 67.6 Å². The van der Waals surface area contributed by atoms with E-state index in [0.717, 1.165) is 54.7 Å². The van der Waals surface area contributed by atoms with Crippen LogP contribution in [0, 0.1) is 5.92 Å². The summed E-state index contributed by atoms with van der Waals surface area (Å²) in [5, 5.41) is 20.8. The number of nitrogens with one attached hydrogen (secondary N) is 1. The number of rotatable bonds is 24. The van der Waals surface area contributed by atoms with Crippen molar-refractivity contribution in [3.8, 4) is 22.6 Å². The lowest BCUT2D eigenvalue weighted by Crippen LogP contribution is -2.42. The Morgan fingerprint density at radius 2 is 1.45 bits per heavy atom. The normalized spacial score (nSPS) is 11.9. The zero-order chi connectivity index (χ0) is 39.5. The number of carbonyl (C=O) groups is 1. The van der Waals surface area contributed by atoms with E-state index in [0.29, 0.717) is 62.9 Å². The Labute approximate surface area is 354 Å². The second-order valence-electron chi connectivity index (χ2n) is 14.4. The highest BCUT2D eigenvalue weighted by molar-refractivity contribution is 5.85. The van der Waals surface area contributed by atoms with Crippen molar-refractivity contribution in [1.82, 2.24) is 35.3 Å². The Hall–Kier alpha value is -5.18. The van der Waals surface area contributed by atoms with Crippen LogP contribution in [0.15, 0.2) is 96.2 Å². The van der Waals surface area contributed by atoms with Crippen LogP contribution in [0.3, 0.4) is 0 Å². The van der Waals surface area contributed by atoms with Crippen LogP contribution in [0.5, 0.6) is 11.5 Å². The monoisotopic (exact) mass is 835 g/mol. The molecule has 2 atom stereocenters. The molecule has 1 amide bonds. The fraction of sp³-hybridized carbons (Fsp3) is 0.429. The topological polar surface area (TPSA) is 199 Å². The number of para-hydroxylation sites is 2. The standard InChI is InChI=1S/C42H57N11O3.2ClH/c1-31(2)23-26-55-39-19-8-6-16-36(39)37-17-7-9-20-40(37)56-30-35-29-53(51-49-35)38(18-10-11-24-43)41(54)47-33(15-12-25-46-42(44)45)27-52-28-34(48-50-52)22-21-32-13-4-3-5-14-32;;/h3-9,13-14,16-17,19-20,28-29,31,33,38H,10-12,15,18,21-27,30,43H2,1-2H3,(H,47,54)(H4,44,45,46);2*1H/t33-,38-;;/m1../s1. The molecule has 2 aromatic heterocycles. The van der Waals surface area contributed by atoms with E-state index in [1.54, 1.807) is 15.6 Å². The average Bonchev–Trinajstić information content (AvgIpc) is 3.86. The molecule has 3 aromatic carbocycles. The fourth-order valence-electron chi connectivity index (χ4n) is 6.32. The van der Waals surface area contributed by atoms with Crippen molar-refractivity contribution >= 4 is 36.7 Å². The molecule has 14 nitrogen and oxygen atoms in total. The molecule has 314 valence electrons. The summed E-state index contributed by atoms with van der Waals surface area (Å²) >= 11 is 0. The van der Waals surface area contributed by atoms with E-state index in [1.165, 1.54) is 5.56 Å². The third-order valence-electron chi connectivity index (χ3n) is 9.36. The van der Waals surface area contributed by atoms with Crippen molar-refractivity contribution in [2.45, 2.75) is 90.4 Å². The Kier molecular flexibility index (Phi) is 20.5. The van der Waals surface area contributed by atoms with Crippen LogP contribution in [-0.2, 0) is 30.8 Å². The van der Waals surface area contributed by atoms with Crippen molar-refractivity contribution in [1.29, 1.82) is 0 Å². The Morgan fingerprint density at radius 1 is 0.776 bits per heavy atom. The number of hydrogen-bond acceptors (Lipinski definition) is 9. The number of aromatic nitrogens is 6. The predicted molar refractivity (Wildman–Crippen MR) is 233 cm³/mol. The molecule has 0 bridgehead atoms. The van der Waals surface area contributed by atoms with Gasteiger partial charge in [-0.25, -0.2) is 4.68 Å². The summed E-state index contributed by atoms with van der Waals surface area (Å²) in [6.45, 7) is 6.57. The first-order valence-electron chi connectivity index (χ1n) is 19.6. The highest BCUT2D eigenvalue weighted by Crippen LogP contribution is 2.36. The Morgan fingerprint density at radius 3 is 2.14 bits per heavy atom. The number of benzene rings is 3. The highest BCUT2D eigenvalue weighted by Gasteiger charge is 2.25. The molecule has 0 saturated heterocycles. The second kappa shape index (κ2) is 25.2. The van der Waals surface area contributed by atoms with Gasteiger partial charge in [-0.15, -0.1) is 35.0 Å². The molecule has 5 rings (SSSR count). The zero-order valence-electron chi connectivity index (χ0n) is 33.5. The molecule has 2 heterocycles. The number of amides is 1. The summed E-state index contributed by atoms with van der Waals surface area (Å²) in [5.74, 6) is 1.91. The molecule has 0 radical (unpaired) electrons. The van der Waals surface area contributed by atoms with E-state index in [1.807, 2.05) is 72.9 Å². The minimum Gasteiger partial charge on any atom is -0.493 e. The summed E-state index contributed by atoms with van der Waals surface area (Å²) in [6, 6.07) is 25.3. The first-order chi connectivity index (χ1) is 27.3. The summed E-state index contributed by atoms with van der Waals surface area (Å²) < 4.78 is 15.9. The van der Waals surface area contributed by atoms with Crippen LogP contribution in [0.2, 0.25) is 0 Å². The molecule has 0 unspecified atom stereocenters. The molecule has 0 saturated carbocycles. The van der Waals surface area contributed by atoms with Gasteiger partial charge in [0, 0.05) is 29.9 Å². The first kappa shape index (κ1) is 47.2. The van der Waals surface area contributed by atoms with Crippen molar-refractivity contribution in [3.05, 3.63) is 108 Å². The highest BCUT2D eigenvalue weighted by atomic mass is 35.5. The lowest BCUT2D eigenvalue weighted by atomic mass is 10.0. The van der Waals surface area contributed by atoms with E-state index in [4.69, 9.17) is 26.7 Å². The van der Waals surface area contributed by atoms with Crippen molar-refractivity contribution in [3.63, 3.8) is 0 Å². The number of nitrogens with zero attached hydrogens (tertiary/aromatic N) is 7. The number of ether oxygens (including phenoxy) is 2. The molecular formula is C42H59Cl2N11O3. The van der Waals surface area contributed by atoms with Crippen LogP contribution >= 0.6 is 24.8 Å². The van der Waals surface area contributed by atoms with Crippen LogP contribution in [0.1, 0.15) is 75.4 Å². The van der Waals surface area contributed by atoms with E-state index in [2.05, 4.69) is 56.9 Å². The summed E-state index contributed by atoms with van der Waals surface area (Å²) in [4.78, 5) is 18.2. The van der Waals surface area contributed by atoms with Gasteiger partial charge in [0.15, 0.2) is 5.96 Å². The van der Waals surface area contributed by atoms with Gasteiger partial charge >= 0.3 is 0 Å².